The summed E-state index contributed by atoms with van der Waals surface area (Å²) in [7, 11) is 0. The molecule has 0 atom stereocenters. The highest BCUT2D eigenvalue weighted by Crippen LogP contribution is 2.65. The molecule has 0 bridgehead atoms. The maximum Gasteiger partial charge on any atom is 0.194 e. The Labute approximate surface area is 460 Å². The number of carbonyl (C=O) groups is 2. The molecule has 0 saturated carbocycles. The second kappa shape index (κ2) is 17.9. The van der Waals surface area contributed by atoms with E-state index >= 15 is 0 Å². The number of allylic oxidation sites excluding steroid dienone is 6. The third-order valence-corrected chi connectivity index (χ3v) is 18.4. The van der Waals surface area contributed by atoms with Gasteiger partial charge < -0.3 is 0 Å². The fourth-order valence-electron chi connectivity index (χ4n) is 12.6. The fourth-order valence-corrected chi connectivity index (χ4v) is 15.0. The molecule has 0 fully saturated rings. The fraction of sp³-hybridized carbons (Fsp3) is 0.0857. The summed E-state index contributed by atoms with van der Waals surface area (Å²) in [6, 6.07) is 67.0. The number of Topliss-reactive ketones (excluding diaryl/α,β-unsaturated/α-hetero) is 2. The summed E-state index contributed by atoms with van der Waals surface area (Å²) in [5, 5.41) is 41.1. The zero-order valence-electron chi connectivity index (χ0n) is 42.7. The molecule has 8 heteroatoms. The van der Waals surface area contributed by atoms with Crippen molar-refractivity contribution >= 4 is 57.5 Å². The third-order valence-electron chi connectivity index (χ3n) is 16.1. The molecule has 9 aromatic rings. The van der Waals surface area contributed by atoms with Gasteiger partial charge in [-0.25, -0.2) is 0 Å². The minimum absolute atomic E-state index is 0.112. The SMILES string of the molecule is Cc1ccc(C2(c3ccc(C)cc3)c3cc4c(cc3-c3sc(/C=C5\C(=O)c6ccccc6C5=C(C#N)C#N)cc32)C(c2ccc(C)cc2)(c2ccc(C)cc2)c2cc(/C=C3\C(=O)c5ccccc5C3=C(C#N)C#N)sc2-4)cc1. The van der Waals surface area contributed by atoms with Crippen LogP contribution in [0.25, 0.3) is 44.2 Å². The molecule has 0 amide bonds. The number of benzene rings is 7. The summed E-state index contributed by atoms with van der Waals surface area (Å²) in [4.78, 5) is 32.6. The van der Waals surface area contributed by atoms with Crippen LogP contribution in [0.4, 0.5) is 0 Å². The summed E-state index contributed by atoms with van der Waals surface area (Å²) in [5.41, 5.74) is 16.6. The van der Waals surface area contributed by atoms with E-state index in [9.17, 15) is 30.6 Å². The van der Waals surface area contributed by atoms with Crippen LogP contribution in [0.15, 0.2) is 192 Å². The first-order chi connectivity index (χ1) is 37.9. The van der Waals surface area contributed by atoms with E-state index in [1.807, 2.05) is 24.3 Å². The lowest BCUT2D eigenvalue weighted by Gasteiger charge is -2.35. The van der Waals surface area contributed by atoms with Crippen molar-refractivity contribution < 1.29 is 9.59 Å². The zero-order chi connectivity index (χ0) is 53.8. The molecule has 0 N–H and O–H groups in total. The first kappa shape index (κ1) is 47.9. The summed E-state index contributed by atoms with van der Waals surface area (Å²) in [6.45, 7) is 8.37. The van der Waals surface area contributed by atoms with Gasteiger partial charge in [0, 0.05) is 52.9 Å². The van der Waals surface area contributed by atoms with Crippen LogP contribution >= 0.6 is 22.7 Å². The highest BCUT2D eigenvalue weighted by atomic mass is 32.1. The van der Waals surface area contributed by atoms with Gasteiger partial charge in [0.15, 0.2) is 11.6 Å². The molecule has 0 saturated heterocycles. The van der Waals surface area contributed by atoms with Crippen molar-refractivity contribution in [2.24, 2.45) is 0 Å². The smallest absolute Gasteiger partial charge is 0.194 e. The Hall–Kier alpha value is -9.80. The Morgan fingerprint density at radius 2 is 0.679 bits per heavy atom. The minimum Gasteiger partial charge on any atom is -0.289 e. The molecule has 7 aromatic carbocycles. The van der Waals surface area contributed by atoms with Crippen molar-refractivity contribution in [3.05, 3.63) is 291 Å². The third kappa shape index (κ3) is 6.75. The van der Waals surface area contributed by atoms with E-state index in [4.69, 9.17) is 0 Å². The van der Waals surface area contributed by atoms with Gasteiger partial charge in [-0.15, -0.1) is 22.7 Å². The number of carbonyl (C=O) groups excluding carboxylic acids is 2. The highest BCUT2D eigenvalue weighted by Gasteiger charge is 2.53. The largest absolute Gasteiger partial charge is 0.289 e. The average molecular weight is 1040 g/mol. The number of nitriles is 4. The van der Waals surface area contributed by atoms with E-state index in [2.05, 4.69) is 173 Å². The van der Waals surface area contributed by atoms with Crippen LogP contribution in [0.1, 0.15) is 108 Å². The Morgan fingerprint density at radius 1 is 0.385 bits per heavy atom. The molecule has 0 radical (unpaired) electrons. The lowest BCUT2D eigenvalue weighted by molar-refractivity contribution is 0.103. The summed E-state index contributed by atoms with van der Waals surface area (Å²) in [6.07, 6.45) is 3.75. The summed E-state index contributed by atoms with van der Waals surface area (Å²) >= 11 is 3.21. The molecule has 78 heavy (non-hydrogen) atoms. The van der Waals surface area contributed by atoms with Gasteiger partial charge in [0.25, 0.3) is 0 Å². The molecular formula is C70H42N4O2S2. The van der Waals surface area contributed by atoms with E-state index in [-0.39, 0.29) is 22.7 Å². The van der Waals surface area contributed by atoms with Gasteiger partial charge in [0.2, 0.25) is 0 Å². The first-order valence-electron chi connectivity index (χ1n) is 25.5. The number of ketones is 2. The number of rotatable bonds is 6. The number of fused-ring (bicyclic) bond motifs is 8. The normalized spacial score (nSPS) is 15.6. The van der Waals surface area contributed by atoms with Gasteiger partial charge in [-0.3, -0.25) is 9.59 Å². The Balaban J connectivity index is 1.14. The highest BCUT2D eigenvalue weighted by molar-refractivity contribution is 7.17. The minimum atomic E-state index is -0.867. The standard InChI is InChI=1S/C70H42N4O2S2/c1-39-13-21-45(22-14-39)69(46-23-15-40(2)16-24-46)59-33-56-60(34-55(59)67-61(69)31-49(77-67)29-57-63(43(35-71)36-72)51-9-5-7-11-53(51)65(57)75)70(47-25-17-41(3)18-26-47,48-27-19-42(4)20-28-48)62-32-50(78-68(56)62)30-58-64(44(37-73)38-74)52-10-6-8-12-54(52)66(58)76/h5-34H,1-4H3/b57-29-,58-30-. The number of hydrogen-bond donors (Lipinski definition) is 0. The summed E-state index contributed by atoms with van der Waals surface area (Å²) < 4.78 is 0. The number of aryl methyl sites for hydroxylation is 4. The first-order valence-corrected chi connectivity index (χ1v) is 27.2. The van der Waals surface area contributed by atoms with Crippen molar-refractivity contribution in [2.45, 2.75) is 38.5 Å². The van der Waals surface area contributed by atoms with Crippen LogP contribution in [0.5, 0.6) is 0 Å². The van der Waals surface area contributed by atoms with Gasteiger partial charge in [-0.05, 0) is 131 Å². The molecule has 2 heterocycles. The van der Waals surface area contributed by atoms with Crippen molar-refractivity contribution in [3.8, 4) is 45.2 Å². The van der Waals surface area contributed by atoms with Crippen molar-refractivity contribution in [3.63, 3.8) is 0 Å². The van der Waals surface area contributed by atoms with E-state index in [0.717, 1.165) is 97.4 Å². The Morgan fingerprint density at radius 3 is 0.974 bits per heavy atom. The molecular weight excluding hydrogens is 993 g/mol. The van der Waals surface area contributed by atoms with E-state index < -0.39 is 10.8 Å². The maximum atomic E-state index is 14.4. The lowest BCUT2D eigenvalue weighted by atomic mass is 9.65. The molecule has 0 aliphatic heterocycles. The molecule has 4 aliphatic rings. The van der Waals surface area contributed by atoms with E-state index in [1.54, 1.807) is 59.1 Å². The molecule has 6 nitrogen and oxygen atoms in total. The van der Waals surface area contributed by atoms with Crippen LogP contribution in [0.2, 0.25) is 0 Å². The molecule has 2 aromatic heterocycles. The van der Waals surface area contributed by atoms with Crippen molar-refractivity contribution in [2.75, 3.05) is 0 Å². The molecule has 0 unspecified atom stereocenters. The van der Waals surface area contributed by atoms with E-state index in [0.29, 0.717) is 44.5 Å². The molecule has 13 rings (SSSR count). The number of thiophene rings is 2. The van der Waals surface area contributed by atoms with Gasteiger partial charge >= 0.3 is 0 Å². The van der Waals surface area contributed by atoms with Crippen LogP contribution in [0.3, 0.4) is 0 Å². The average Bonchev–Trinajstić information content (AvgIpc) is 4.48. The van der Waals surface area contributed by atoms with Crippen LogP contribution < -0.4 is 0 Å². The molecule has 4 aliphatic carbocycles. The second-order valence-electron chi connectivity index (χ2n) is 20.5. The zero-order valence-corrected chi connectivity index (χ0v) is 44.4. The predicted octanol–water partition coefficient (Wildman–Crippen LogP) is 15.9. The van der Waals surface area contributed by atoms with Crippen LogP contribution in [-0.2, 0) is 10.8 Å². The van der Waals surface area contributed by atoms with Gasteiger partial charge in [-0.2, -0.15) is 21.0 Å². The van der Waals surface area contributed by atoms with Gasteiger partial charge in [-0.1, -0.05) is 168 Å². The van der Waals surface area contributed by atoms with Crippen molar-refractivity contribution in [1.29, 1.82) is 21.0 Å². The lowest BCUT2D eigenvalue weighted by Crippen LogP contribution is -2.30. The van der Waals surface area contributed by atoms with Crippen molar-refractivity contribution in [1.82, 2.24) is 0 Å². The van der Waals surface area contributed by atoms with Gasteiger partial charge in [0.05, 0.1) is 10.8 Å². The maximum absolute atomic E-state index is 14.4. The quantitative estimate of drug-likeness (QED) is 0.120. The van der Waals surface area contributed by atoms with Crippen LogP contribution in [-0.4, -0.2) is 11.6 Å². The molecule has 366 valence electrons. The second-order valence-corrected chi connectivity index (χ2v) is 22.7. The van der Waals surface area contributed by atoms with Gasteiger partial charge in [0.1, 0.15) is 35.4 Å². The number of nitrogens with zero attached hydrogens (tertiary/aromatic N) is 4. The van der Waals surface area contributed by atoms with E-state index in [1.165, 1.54) is 0 Å². The Kier molecular flexibility index (Phi) is 11.0. The Bertz CT molecular complexity index is 4060. The molecule has 0 spiro atoms. The summed E-state index contributed by atoms with van der Waals surface area (Å²) in [5.74, 6) is -0.462. The number of hydrogen-bond acceptors (Lipinski definition) is 8. The monoisotopic (exact) mass is 1030 g/mol. The van der Waals surface area contributed by atoms with Crippen LogP contribution in [0, 0.1) is 73.0 Å². The topological polar surface area (TPSA) is 129 Å². The predicted molar refractivity (Wildman–Crippen MR) is 310 cm³/mol.